The lowest BCUT2D eigenvalue weighted by Gasteiger charge is -2.16. The van der Waals surface area contributed by atoms with Gasteiger partial charge in [0.25, 0.3) is 0 Å². The van der Waals surface area contributed by atoms with Gasteiger partial charge >= 0.3 is 0 Å². The van der Waals surface area contributed by atoms with Crippen LogP contribution < -0.4 is 5.32 Å². The van der Waals surface area contributed by atoms with E-state index in [2.05, 4.69) is 24.4 Å². The van der Waals surface area contributed by atoms with Crippen molar-refractivity contribution in [1.29, 1.82) is 0 Å². The fraction of sp³-hybridized carbons (Fsp3) is 0.571. The van der Waals surface area contributed by atoms with Gasteiger partial charge in [-0.25, -0.2) is 0 Å². The van der Waals surface area contributed by atoms with E-state index in [1.54, 1.807) is 0 Å². The average Bonchev–Trinajstić information content (AvgIpc) is 3.03. The van der Waals surface area contributed by atoms with Crippen molar-refractivity contribution in [3.8, 4) is 0 Å². The monoisotopic (exact) mass is 237 g/mol. The Balaban J connectivity index is 1.91. The van der Waals surface area contributed by atoms with Crippen LogP contribution in [0.25, 0.3) is 0 Å². The molecule has 0 spiro atoms. The van der Waals surface area contributed by atoms with Crippen LogP contribution in [0.2, 0.25) is 5.02 Å². The van der Waals surface area contributed by atoms with E-state index in [9.17, 15) is 0 Å². The molecule has 16 heavy (non-hydrogen) atoms. The SMILES string of the molecule is CCCNCC1(Cc2ccccc2Cl)CC1. The highest BCUT2D eigenvalue weighted by atomic mass is 35.5. The summed E-state index contributed by atoms with van der Waals surface area (Å²) in [5.41, 5.74) is 1.81. The van der Waals surface area contributed by atoms with Crippen LogP contribution in [0.15, 0.2) is 24.3 Å². The van der Waals surface area contributed by atoms with E-state index in [4.69, 9.17) is 11.6 Å². The van der Waals surface area contributed by atoms with Crippen LogP contribution in [0.5, 0.6) is 0 Å². The second-order valence-corrected chi connectivity index (χ2v) is 5.35. The van der Waals surface area contributed by atoms with Crippen LogP contribution in [0.1, 0.15) is 31.7 Å². The molecule has 1 aromatic carbocycles. The zero-order valence-corrected chi connectivity index (χ0v) is 10.7. The summed E-state index contributed by atoms with van der Waals surface area (Å²) in [6.07, 6.45) is 5.02. The van der Waals surface area contributed by atoms with Crippen LogP contribution in [-0.4, -0.2) is 13.1 Å². The Morgan fingerprint density at radius 3 is 2.69 bits per heavy atom. The van der Waals surface area contributed by atoms with Gasteiger partial charge in [0, 0.05) is 11.6 Å². The predicted octanol–water partition coefficient (Wildman–Crippen LogP) is 3.66. The Morgan fingerprint density at radius 1 is 1.31 bits per heavy atom. The summed E-state index contributed by atoms with van der Waals surface area (Å²) < 4.78 is 0. The summed E-state index contributed by atoms with van der Waals surface area (Å²) in [5.74, 6) is 0. The molecule has 1 nitrogen and oxygen atoms in total. The Kier molecular flexibility index (Phi) is 3.88. The standard InChI is InChI=1S/C14H20ClN/c1-2-9-16-11-14(7-8-14)10-12-5-3-4-6-13(12)15/h3-6,16H,2,7-11H2,1H3. The fourth-order valence-corrected chi connectivity index (χ4v) is 2.37. The summed E-state index contributed by atoms with van der Waals surface area (Å²) in [7, 11) is 0. The van der Waals surface area contributed by atoms with E-state index in [-0.39, 0.29) is 0 Å². The first-order valence-electron chi connectivity index (χ1n) is 6.20. The van der Waals surface area contributed by atoms with Crippen molar-refractivity contribution in [3.63, 3.8) is 0 Å². The molecule has 1 N–H and O–H groups in total. The lowest BCUT2D eigenvalue weighted by Crippen LogP contribution is -2.26. The van der Waals surface area contributed by atoms with Gasteiger partial charge in [0.15, 0.2) is 0 Å². The highest BCUT2D eigenvalue weighted by Gasteiger charge is 2.42. The number of halogens is 1. The van der Waals surface area contributed by atoms with Gasteiger partial charge < -0.3 is 5.32 Å². The molecule has 0 heterocycles. The van der Waals surface area contributed by atoms with Crippen molar-refractivity contribution >= 4 is 11.6 Å². The van der Waals surface area contributed by atoms with Gasteiger partial charge in [0.05, 0.1) is 0 Å². The zero-order chi connectivity index (χ0) is 11.4. The Labute approximate surface area is 103 Å². The number of hydrogen-bond donors (Lipinski definition) is 1. The van der Waals surface area contributed by atoms with Gasteiger partial charge in [-0.05, 0) is 49.3 Å². The molecule has 1 saturated carbocycles. The van der Waals surface area contributed by atoms with Gasteiger partial charge in [-0.3, -0.25) is 0 Å². The third kappa shape index (κ3) is 2.99. The first-order valence-corrected chi connectivity index (χ1v) is 6.58. The minimum absolute atomic E-state index is 0.500. The number of benzene rings is 1. The van der Waals surface area contributed by atoms with Crippen molar-refractivity contribution in [3.05, 3.63) is 34.9 Å². The molecule has 0 radical (unpaired) electrons. The van der Waals surface area contributed by atoms with Gasteiger partial charge in [0.1, 0.15) is 0 Å². The normalized spacial score (nSPS) is 17.4. The third-order valence-electron chi connectivity index (χ3n) is 3.41. The van der Waals surface area contributed by atoms with Crippen LogP contribution in [0.4, 0.5) is 0 Å². The highest BCUT2D eigenvalue weighted by Crippen LogP contribution is 2.48. The summed E-state index contributed by atoms with van der Waals surface area (Å²) >= 11 is 6.20. The lowest BCUT2D eigenvalue weighted by molar-refractivity contribution is 0.456. The predicted molar refractivity (Wildman–Crippen MR) is 70.0 cm³/mol. The topological polar surface area (TPSA) is 12.0 Å². The van der Waals surface area contributed by atoms with E-state index in [0.717, 1.165) is 24.5 Å². The van der Waals surface area contributed by atoms with E-state index >= 15 is 0 Å². The largest absolute Gasteiger partial charge is 0.316 e. The highest BCUT2D eigenvalue weighted by molar-refractivity contribution is 6.31. The third-order valence-corrected chi connectivity index (χ3v) is 3.78. The molecule has 2 rings (SSSR count). The van der Waals surface area contributed by atoms with Crippen molar-refractivity contribution in [2.45, 2.75) is 32.6 Å². The van der Waals surface area contributed by atoms with E-state index < -0.39 is 0 Å². The Hall–Kier alpha value is -0.530. The van der Waals surface area contributed by atoms with Gasteiger partial charge in [-0.1, -0.05) is 36.7 Å². The summed E-state index contributed by atoms with van der Waals surface area (Å²) in [6, 6.07) is 8.23. The van der Waals surface area contributed by atoms with Gasteiger partial charge in [-0.15, -0.1) is 0 Å². The van der Waals surface area contributed by atoms with Crippen LogP contribution in [0.3, 0.4) is 0 Å². The maximum Gasteiger partial charge on any atom is 0.0438 e. The maximum absolute atomic E-state index is 6.20. The van der Waals surface area contributed by atoms with Crippen molar-refractivity contribution in [1.82, 2.24) is 5.32 Å². The molecule has 2 heteroatoms. The van der Waals surface area contributed by atoms with Crippen molar-refractivity contribution in [2.75, 3.05) is 13.1 Å². The number of nitrogens with one attached hydrogen (secondary N) is 1. The minimum Gasteiger partial charge on any atom is -0.316 e. The molecule has 0 saturated heterocycles. The van der Waals surface area contributed by atoms with Crippen molar-refractivity contribution < 1.29 is 0 Å². The molecular formula is C14H20ClN. The van der Waals surface area contributed by atoms with Gasteiger partial charge in [-0.2, -0.15) is 0 Å². The number of rotatable bonds is 6. The summed E-state index contributed by atoms with van der Waals surface area (Å²) in [5, 5.41) is 4.46. The second-order valence-electron chi connectivity index (χ2n) is 4.94. The zero-order valence-electron chi connectivity index (χ0n) is 9.93. The first kappa shape index (κ1) is 11.9. The van der Waals surface area contributed by atoms with E-state index in [1.807, 2.05) is 12.1 Å². The molecule has 1 aliphatic rings. The molecule has 0 amide bonds. The fourth-order valence-electron chi connectivity index (χ4n) is 2.17. The molecular weight excluding hydrogens is 218 g/mol. The number of hydrogen-bond acceptors (Lipinski definition) is 1. The molecule has 0 unspecified atom stereocenters. The summed E-state index contributed by atoms with van der Waals surface area (Å²) in [4.78, 5) is 0. The van der Waals surface area contributed by atoms with Crippen LogP contribution >= 0.6 is 11.6 Å². The molecule has 0 bridgehead atoms. The summed E-state index contributed by atoms with van der Waals surface area (Å²) in [6.45, 7) is 4.48. The van der Waals surface area contributed by atoms with Crippen LogP contribution in [0, 0.1) is 5.41 Å². The van der Waals surface area contributed by atoms with Crippen molar-refractivity contribution in [2.24, 2.45) is 5.41 Å². The van der Waals surface area contributed by atoms with E-state index in [0.29, 0.717) is 5.41 Å². The Morgan fingerprint density at radius 2 is 2.06 bits per heavy atom. The molecule has 1 aliphatic carbocycles. The smallest absolute Gasteiger partial charge is 0.0438 e. The first-order chi connectivity index (χ1) is 7.76. The molecule has 0 aliphatic heterocycles. The molecule has 1 aromatic rings. The molecule has 1 fully saturated rings. The minimum atomic E-state index is 0.500. The lowest BCUT2D eigenvalue weighted by atomic mass is 9.96. The maximum atomic E-state index is 6.20. The average molecular weight is 238 g/mol. The molecule has 0 aromatic heterocycles. The van der Waals surface area contributed by atoms with Gasteiger partial charge in [0.2, 0.25) is 0 Å². The molecule has 88 valence electrons. The Bertz CT molecular complexity index is 344. The van der Waals surface area contributed by atoms with E-state index in [1.165, 1.54) is 24.8 Å². The quantitative estimate of drug-likeness (QED) is 0.745. The van der Waals surface area contributed by atoms with Crippen LogP contribution in [-0.2, 0) is 6.42 Å². The molecule has 0 atom stereocenters. The second kappa shape index (κ2) is 5.20.